The molecule has 0 unspecified atom stereocenters. The van der Waals surface area contributed by atoms with Crippen molar-refractivity contribution < 1.29 is 31.9 Å². The predicted octanol–water partition coefficient (Wildman–Crippen LogP) is 5.47. The molecule has 1 N–H and O–H groups in total. The molecule has 0 bridgehead atoms. The number of para-hydroxylation sites is 1. The molecule has 0 aliphatic carbocycles. The van der Waals surface area contributed by atoms with E-state index in [9.17, 15) is 27.2 Å². The van der Waals surface area contributed by atoms with Crippen LogP contribution in [0.3, 0.4) is 0 Å². The molecule has 34 heavy (non-hydrogen) atoms. The average Bonchev–Trinajstić information content (AvgIpc) is 2.78. The van der Waals surface area contributed by atoms with Crippen LogP contribution in [0.5, 0.6) is 11.5 Å². The third-order valence-electron chi connectivity index (χ3n) is 4.78. The van der Waals surface area contributed by atoms with Gasteiger partial charge in [-0.25, -0.2) is 4.39 Å². The molecule has 0 atom stereocenters. The van der Waals surface area contributed by atoms with Gasteiger partial charge in [0, 0.05) is 0 Å². The van der Waals surface area contributed by atoms with Crippen LogP contribution in [0.4, 0.5) is 23.2 Å². The number of hydrogen-bond acceptors (Lipinski definition) is 4. The molecule has 3 aromatic rings. The van der Waals surface area contributed by atoms with Gasteiger partial charge in [0.25, 0.3) is 11.8 Å². The third-order valence-corrected chi connectivity index (χ3v) is 5.07. The molecule has 172 valence electrons. The lowest BCUT2D eigenvalue weighted by molar-refractivity contribution is -0.140. The van der Waals surface area contributed by atoms with E-state index in [1.165, 1.54) is 12.1 Å². The van der Waals surface area contributed by atoms with E-state index in [2.05, 4.69) is 5.32 Å². The summed E-state index contributed by atoms with van der Waals surface area (Å²) in [5.74, 6) is -2.10. The Hall–Kier alpha value is -4.05. The Bertz CT molecular complexity index is 1310. The first-order chi connectivity index (χ1) is 16.1. The molecule has 1 saturated heterocycles. The van der Waals surface area contributed by atoms with Gasteiger partial charge in [0.1, 0.15) is 22.9 Å². The minimum Gasteiger partial charge on any atom is -0.457 e. The van der Waals surface area contributed by atoms with Crippen LogP contribution in [-0.4, -0.2) is 16.9 Å². The first-order valence-electron chi connectivity index (χ1n) is 9.74. The number of hydrogen-bond donors (Lipinski definition) is 1. The van der Waals surface area contributed by atoms with Crippen LogP contribution in [0.25, 0.3) is 6.08 Å². The molecule has 1 heterocycles. The van der Waals surface area contributed by atoms with Gasteiger partial charge in [-0.05, 0) is 72.4 Å². The van der Waals surface area contributed by atoms with E-state index in [-0.39, 0.29) is 10.7 Å². The SMILES string of the molecule is O=C1NC(=S)N(c2ccc(Oc3ccccc3)cc2)C(=O)C1=Cc1ccc(F)c(C(F)(F)F)c1. The fraction of sp³-hybridized carbons (Fsp3) is 0.0417. The van der Waals surface area contributed by atoms with Crippen molar-refractivity contribution in [3.8, 4) is 11.5 Å². The number of amides is 2. The van der Waals surface area contributed by atoms with Crippen molar-refractivity contribution in [1.29, 1.82) is 0 Å². The van der Waals surface area contributed by atoms with Crippen LogP contribution < -0.4 is 15.0 Å². The normalized spacial score (nSPS) is 15.5. The van der Waals surface area contributed by atoms with Crippen LogP contribution in [0.15, 0.2) is 78.4 Å². The molecule has 0 radical (unpaired) electrons. The Morgan fingerprint density at radius 1 is 0.912 bits per heavy atom. The van der Waals surface area contributed by atoms with E-state index in [4.69, 9.17) is 17.0 Å². The van der Waals surface area contributed by atoms with Gasteiger partial charge in [0.2, 0.25) is 0 Å². The number of carbonyl (C=O) groups excluding carboxylic acids is 2. The van der Waals surface area contributed by atoms with E-state index >= 15 is 0 Å². The monoisotopic (exact) mass is 486 g/mol. The predicted molar refractivity (Wildman–Crippen MR) is 121 cm³/mol. The maximum atomic E-state index is 13.6. The molecule has 0 aromatic heterocycles. The lowest BCUT2D eigenvalue weighted by atomic mass is 10.0. The van der Waals surface area contributed by atoms with Gasteiger partial charge in [-0.2, -0.15) is 13.2 Å². The summed E-state index contributed by atoms with van der Waals surface area (Å²) < 4.78 is 58.3. The van der Waals surface area contributed by atoms with E-state index in [1.807, 2.05) is 18.2 Å². The Morgan fingerprint density at radius 2 is 1.56 bits per heavy atom. The topological polar surface area (TPSA) is 58.6 Å². The largest absolute Gasteiger partial charge is 0.457 e. The maximum absolute atomic E-state index is 13.6. The van der Waals surface area contributed by atoms with Crippen LogP contribution in [0.2, 0.25) is 0 Å². The minimum atomic E-state index is -4.94. The van der Waals surface area contributed by atoms with Crippen LogP contribution in [0, 0.1) is 5.82 Å². The fourth-order valence-electron chi connectivity index (χ4n) is 3.20. The Kier molecular flexibility index (Phi) is 6.16. The summed E-state index contributed by atoms with van der Waals surface area (Å²) in [5.41, 5.74) is -1.84. The fourth-order valence-corrected chi connectivity index (χ4v) is 3.48. The van der Waals surface area contributed by atoms with Crippen molar-refractivity contribution in [2.24, 2.45) is 0 Å². The summed E-state index contributed by atoms with van der Waals surface area (Å²) >= 11 is 5.12. The molecule has 1 aliphatic heterocycles. The van der Waals surface area contributed by atoms with Gasteiger partial charge < -0.3 is 4.74 Å². The van der Waals surface area contributed by atoms with E-state index in [1.54, 1.807) is 24.3 Å². The summed E-state index contributed by atoms with van der Waals surface area (Å²) in [4.78, 5) is 26.5. The van der Waals surface area contributed by atoms with Crippen molar-refractivity contribution in [2.75, 3.05) is 4.90 Å². The smallest absolute Gasteiger partial charge is 0.419 e. The van der Waals surface area contributed by atoms with Crippen molar-refractivity contribution in [2.45, 2.75) is 6.18 Å². The van der Waals surface area contributed by atoms with E-state index < -0.39 is 34.9 Å². The standard InChI is InChI=1S/C24H14F4N2O3S/c25-20-11-6-14(13-19(20)24(26,27)28)12-18-21(31)29-23(34)30(22(18)32)15-7-9-17(10-8-15)33-16-4-2-1-3-5-16/h1-13H,(H,29,31,34). The van der Waals surface area contributed by atoms with Gasteiger partial charge in [-0.1, -0.05) is 24.3 Å². The second-order valence-corrected chi connectivity index (χ2v) is 7.49. The molecule has 1 aliphatic rings. The molecule has 0 saturated carbocycles. The van der Waals surface area contributed by atoms with Crippen LogP contribution in [0.1, 0.15) is 11.1 Å². The van der Waals surface area contributed by atoms with Gasteiger partial charge in [-0.15, -0.1) is 0 Å². The average molecular weight is 486 g/mol. The van der Waals surface area contributed by atoms with Gasteiger partial charge >= 0.3 is 6.18 Å². The number of anilines is 1. The van der Waals surface area contributed by atoms with Crippen molar-refractivity contribution >= 4 is 40.9 Å². The molecule has 0 spiro atoms. The zero-order valence-electron chi connectivity index (χ0n) is 17.1. The quantitative estimate of drug-likeness (QED) is 0.230. The Labute approximate surface area is 196 Å². The molecule has 3 aromatic carbocycles. The first-order valence-corrected chi connectivity index (χ1v) is 10.2. The highest BCUT2D eigenvalue weighted by Gasteiger charge is 2.36. The van der Waals surface area contributed by atoms with Gasteiger partial charge in [0.05, 0.1) is 11.3 Å². The number of rotatable bonds is 4. The van der Waals surface area contributed by atoms with Crippen LogP contribution >= 0.6 is 12.2 Å². The lowest BCUT2D eigenvalue weighted by Crippen LogP contribution is -2.54. The zero-order valence-corrected chi connectivity index (χ0v) is 17.9. The van der Waals surface area contributed by atoms with Crippen molar-refractivity contribution in [1.82, 2.24) is 5.32 Å². The highest BCUT2D eigenvalue weighted by atomic mass is 32.1. The Balaban J connectivity index is 1.63. The highest BCUT2D eigenvalue weighted by Crippen LogP contribution is 2.33. The number of thiocarbonyl (C=S) groups is 1. The van der Waals surface area contributed by atoms with Crippen molar-refractivity contribution in [3.05, 3.63) is 95.3 Å². The minimum absolute atomic E-state index is 0.174. The maximum Gasteiger partial charge on any atom is 0.419 e. The second kappa shape index (κ2) is 9.06. The number of ether oxygens (including phenoxy) is 1. The summed E-state index contributed by atoms with van der Waals surface area (Å²) in [6.07, 6.45) is -3.98. The highest BCUT2D eigenvalue weighted by molar-refractivity contribution is 7.80. The van der Waals surface area contributed by atoms with E-state index in [0.29, 0.717) is 29.3 Å². The zero-order chi connectivity index (χ0) is 24.5. The second-order valence-electron chi connectivity index (χ2n) is 7.10. The number of nitrogens with one attached hydrogen (secondary N) is 1. The summed E-state index contributed by atoms with van der Waals surface area (Å²) in [6.45, 7) is 0. The number of nitrogens with zero attached hydrogens (tertiary/aromatic N) is 1. The summed E-state index contributed by atoms with van der Waals surface area (Å²) in [5, 5.41) is 2.15. The van der Waals surface area contributed by atoms with Crippen molar-refractivity contribution in [3.63, 3.8) is 0 Å². The number of alkyl halides is 3. The summed E-state index contributed by atoms with van der Waals surface area (Å²) in [7, 11) is 0. The molecular weight excluding hydrogens is 472 g/mol. The Morgan fingerprint density at radius 3 is 2.21 bits per heavy atom. The van der Waals surface area contributed by atoms with Gasteiger partial charge in [0.15, 0.2) is 5.11 Å². The lowest BCUT2D eigenvalue weighted by Gasteiger charge is -2.29. The molecular formula is C24H14F4N2O3S. The summed E-state index contributed by atoms with van der Waals surface area (Å²) in [6, 6.07) is 17.4. The molecule has 2 amide bonds. The van der Waals surface area contributed by atoms with Crippen LogP contribution in [-0.2, 0) is 15.8 Å². The molecule has 1 fully saturated rings. The number of benzene rings is 3. The third kappa shape index (κ3) is 4.81. The van der Waals surface area contributed by atoms with Gasteiger partial charge in [-0.3, -0.25) is 19.8 Å². The number of halogens is 4. The molecule has 5 nitrogen and oxygen atoms in total. The molecule has 10 heteroatoms. The molecule has 4 rings (SSSR count). The number of carbonyl (C=O) groups is 2. The van der Waals surface area contributed by atoms with E-state index in [0.717, 1.165) is 17.0 Å². The first kappa shape index (κ1) is 23.1.